The molecule has 5 heteroatoms. The average molecular weight is 215 g/mol. The second-order valence-electron chi connectivity index (χ2n) is 3.91. The Balaban J connectivity index is 2.09. The predicted molar refractivity (Wildman–Crippen MR) is 52.9 cm³/mol. The zero-order valence-electron chi connectivity index (χ0n) is 8.71. The number of aromatic nitrogens is 2. The number of rotatable bonds is 3. The molecule has 0 radical (unpaired) electrons. The number of nitrogens with one attached hydrogen (secondary N) is 1. The summed E-state index contributed by atoms with van der Waals surface area (Å²) in [5.74, 6) is 0. The number of nitrogens with zero attached hydrogens (tertiary/aromatic N) is 2. The number of fused-ring (bicyclic) bond motifs is 1. The van der Waals surface area contributed by atoms with Crippen LogP contribution in [0.2, 0.25) is 0 Å². The lowest BCUT2D eigenvalue weighted by Gasteiger charge is -2.23. The fourth-order valence-corrected chi connectivity index (χ4v) is 2.15. The predicted octanol–water partition coefficient (Wildman–Crippen LogP) is 1.65. The Morgan fingerprint density at radius 2 is 2.47 bits per heavy atom. The molecule has 1 aliphatic carbocycles. The minimum atomic E-state index is -2.29. The van der Waals surface area contributed by atoms with Gasteiger partial charge in [0.1, 0.15) is 0 Å². The van der Waals surface area contributed by atoms with Crippen molar-refractivity contribution in [2.75, 3.05) is 6.54 Å². The van der Waals surface area contributed by atoms with Gasteiger partial charge in [-0.15, -0.1) is 0 Å². The van der Waals surface area contributed by atoms with E-state index in [1.54, 1.807) is 6.20 Å². The lowest BCUT2D eigenvalue weighted by atomic mass is 9.93. The maximum atomic E-state index is 12.1. The van der Waals surface area contributed by atoms with Crippen LogP contribution in [0, 0.1) is 0 Å². The molecule has 1 unspecified atom stereocenters. The molecule has 84 valence electrons. The van der Waals surface area contributed by atoms with Crippen LogP contribution in [0.5, 0.6) is 0 Å². The Kier molecular flexibility index (Phi) is 3.00. The van der Waals surface area contributed by atoms with Gasteiger partial charge in [0.2, 0.25) is 0 Å². The van der Waals surface area contributed by atoms with Gasteiger partial charge < -0.3 is 5.32 Å². The van der Waals surface area contributed by atoms with Gasteiger partial charge in [0.15, 0.2) is 0 Å². The van der Waals surface area contributed by atoms with E-state index >= 15 is 0 Å². The molecule has 0 saturated carbocycles. The molecular formula is C10H15F2N3. The molecule has 1 aromatic heterocycles. The van der Waals surface area contributed by atoms with Gasteiger partial charge in [-0.1, -0.05) is 0 Å². The first kappa shape index (κ1) is 10.5. The molecule has 0 fully saturated rings. The first-order valence-electron chi connectivity index (χ1n) is 5.21. The van der Waals surface area contributed by atoms with Gasteiger partial charge in [0, 0.05) is 24.3 Å². The van der Waals surface area contributed by atoms with Crippen LogP contribution < -0.4 is 5.32 Å². The van der Waals surface area contributed by atoms with Crippen LogP contribution in [-0.4, -0.2) is 22.8 Å². The van der Waals surface area contributed by atoms with Crippen molar-refractivity contribution < 1.29 is 8.78 Å². The van der Waals surface area contributed by atoms with Crippen molar-refractivity contribution in [2.45, 2.75) is 31.7 Å². The van der Waals surface area contributed by atoms with E-state index in [0.717, 1.165) is 24.8 Å². The highest BCUT2D eigenvalue weighted by atomic mass is 19.3. The first-order chi connectivity index (χ1) is 7.18. The molecule has 0 aromatic carbocycles. The third-order valence-electron chi connectivity index (χ3n) is 2.89. The molecule has 3 nitrogen and oxygen atoms in total. The van der Waals surface area contributed by atoms with Crippen molar-refractivity contribution >= 4 is 0 Å². The van der Waals surface area contributed by atoms with Crippen LogP contribution in [0.4, 0.5) is 8.78 Å². The van der Waals surface area contributed by atoms with Gasteiger partial charge in [0.05, 0.1) is 12.7 Å². The minimum absolute atomic E-state index is 0.0523. The molecular weight excluding hydrogens is 200 g/mol. The van der Waals surface area contributed by atoms with E-state index in [4.69, 9.17) is 0 Å². The largest absolute Gasteiger partial charge is 0.304 e. The summed E-state index contributed by atoms with van der Waals surface area (Å²) in [4.78, 5) is 0. The van der Waals surface area contributed by atoms with Crippen LogP contribution in [0.25, 0.3) is 0 Å². The van der Waals surface area contributed by atoms with Crippen molar-refractivity contribution in [2.24, 2.45) is 7.05 Å². The Labute approximate surface area is 87.5 Å². The second-order valence-corrected chi connectivity index (χ2v) is 3.91. The summed E-state index contributed by atoms with van der Waals surface area (Å²) < 4.78 is 26.0. The Bertz CT molecular complexity index is 335. The van der Waals surface area contributed by atoms with Crippen LogP contribution in [0.15, 0.2) is 6.20 Å². The Hall–Kier alpha value is -0.970. The third kappa shape index (κ3) is 2.17. The van der Waals surface area contributed by atoms with E-state index in [0.29, 0.717) is 0 Å². The van der Waals surface area contributed by atoms with E-state index in [9.17, 15) is 8.78 Å². The quantitative estimate of drug-likeness (QED) is 0.831. The van der Waals surface area contributed by atoms with E-state index < -0.39 is 6.43 Å². The zero-order chi connectivity index (χ0) is 10.8. The highest BCUT2D eigenvalue weighted by Gasteiger charge is 2.23. The summed E-state index contributed by atoms with van der Waals surface area (Å²) in [6.45, 7) is -0.237. The molecule has 1 aromatic rings. The fourth-order valence-electron chi connectivity index (χ4n) is 2.15. The topological polar surface area (TPSA) is 29.9 Å². The third-order valence-corrected chi connectivity index (χ3v) is 2.89. The molecule has 15 heavy (non-hydrogen) atoms. The van der Waals surface area contributed by atoms with Crippen LogP contribution >= 0.6 is 0 Å². The number of hydrogen-bond acceptors (Lipinski definition) is 2. The van der Waals surface area contributed by atoms with Crippen molar-refractivity contribution in [3.8, 4) is 0 Å². The molecule has 0 saturated heterocycles. The summed E-state index contributed by atoms with van der Waals surface area (Å²) in [6, 6.07) is 0.0523. The average Bonchev–Trinajstić information content (AvgIpc) is 2.58. The summed E-state index contributed by atoms with van der Waals surface area (Å²) in [7, 11) is 1.90. The van der Waals surface area contributed by atoms with Gasteiger partial charge in [0.25, 0.3) is 6.43 Å². The highest BCUT2D eigenvalue weighted by Crippen LogP contribution is 2.28. The maximum Gasteiger partial charge on any atom is 0.250 e. The summed E-state index contributed by atoms with van der Waals surface area (Å²) in [6.07, 6.45) is 2.46. The van der Waals surface area contributed by atoms with Gasteiger partial charge in [-0.2, -0.15) is 5.10 Å². The molecule has 0 bridgehead atoms. The lowest BCUT2D eigenvalue weighted by molar-refractivity contribution is 0.140. The fraction of sp³-hybridized carbons (Fsp3) is 0.700. The second kappa shape index (κ2) is 4.26. The molecule has 1 N–H and O–H groups in total. The minimum Gasteiger partial charge on any atom is -0.304 e. The molecule has 0 amide bonds. The number of aryl methyl sites for hydroxylation is 1. The highest BCUT2D eigenvalue weighted by molar-refractivity contribution is 5.24. The van der Waals surface area contributed by atoms with Crippen LogP contribution in [-0.2, 0) is 13.5 Å². The van der Waals surface area contributed by atoms with E-state index in [1.165, 1.54) is 5.69 Å². The van der Waals surface area contributed by atoms with Crippen molar-refractivity contribution in [1.29, 1.82) is 0 Å². The smallest absolute Gasteiger partial charge is 0.250 e. The zero-order valence-corrected chi connectivity index (χ0v) is 8.71. The van der Waals surface area contributed by atoms with Crippen molar-refractivity contribution in [3.05, 3.63) is 17.5 Å². The van der Waals surface area contributed by atoms with Crippen LogP contribution in [0.1, 0.15) is 30.1 Å². The lowest BCUT2D eigenvalue weighted by Crippen LogP contribution is -2.29. The molecule has 2 rings (SSSR count). The molecule has 1 aliphatic rings. The first-order valence-corrected chi connectivity index (χ1v) is 5.21. The standard InChI is InChI=1S/C10H15F2N3/c1-15-9-4-2-3-8(7(9)5-14-15)13-6-10(11)12/h5,8,10,13H,2-4,6H2,1H3. The molecule has 1 atom stereocenters. The Morgan fingerprint density at radius 3 is 3.20 bits per heavy atom. The van der Waals surface area contributed by atoms with E-state index in [2.05, 4.69) is 10.4 Å². The Morgan fingerprint density at radius 1 is 1.67 bits per heavy atom. The number of hydrogen-bond donors (Lipinski definition) is 1. The normalized spacial score (nSPS) is 20.7. The van der Waals surface area contributed by atoms with Gasteiger partial charge >= 0.3 is 0 Å². The molecule has 0 spiro atoms. The van der Waals surface area contributed by atoms with Crippen LogP contribution in [0.3, 0.4) is 0 Å². The maximum absolute atomic E-state index is 12.1. The number of halogens is 2. The van der Waals surface area contributed by atoms with E-state index in [1.807, 2.05) is 11.7 Å². The summed E-state index contributed by atoms with van der Waals surface area (Å²) in [5.41, 5.74) is 2.26. The monoisotopic (exact) mass is 215 g/mol. The van der Waals surface area contributed by atoms with Crippen molar-refractivity contribution in [1.82, 2.24) is 15.1 Å². The number of alkyl halides is 2. The summed E-state index contributed by atoms with van der Waals surface area (Å²) in [5, 5.41) is 7.05. The SMILES string of the molecule is Cn1ncc2c1CCCC2NCC(F)F. The van der Waals surface area contributed by atoms with Gasteiger partial charge in [-0.3, -0.25) is 4.68 Å². The van der Waals surface area contributed by atoms with E-state index in [-0.39, 0.29) is 12.6 Å². The summed E-state index contributed by atoms with van der Waals surface area (Å²) >= 11 is 0. The molecule has 0 aliphatic heterocycles. The molecule has 1 heterocycles. The van der Waals surface area contributed by atoms with Gasteiger partial charge in [-0.25, -0.2) is 8.78 Å². The van der Waals surface area contributed by atoms with Crippen molar-refractivity contribution in [3.63, 3.8) is 0 Å². The van der Waals surface area contributed by atoms with Gasteiger partial charge in [-0.05, 0) is 19.3 Å².